The van der Waals surface area contributed by atoms with Gasteiger partial charge in [0.1, 0.15) is 0 Å². The Morgan fingerprint density at radius 2 is 1.86 bits per heavy atom. The normalized spacial score (nSPS) is 21.2. The number of carbonyl (C=O) groups is 1. The van der Waals surface area contributed by atoms with Crippen molar-refractivity contribution in [1.29, 1.82) is 0 Å². The average molecular weight is 316 g/mol. The monoisotopic (exact) mass is 315 g/mol. The number of hydrogen-bond acceptors (Lipinski definition) is 2. The molecule has 2 aromatic rings. The predicted molar refractivity (Wildman–Crippen MR) is 86.7 cm³/mol. The van der Waals surface area contributed by atoms with Gasteiger partial charge in [-0.3, -0.25) is 4.79 Å². The van der Waals surface area contributed by atoms with Gasteiger partial charge in [0.05, 0.1) is 6.10 Å². The van der Waals surface area contributed by atoms with Gasteiger partial charge in [-0.1, -0.05) is 60.1 Å². The summed E-state index contributed by atoms with van der Waals surface area (Å²) >= 11 is 6.04. The second-order valence-electron chi connectivity index (χ2n) is 5.64. The quantitative estimate of drug-likeness (QED) is 0.889. The van der Waals surface area contributed by atoms with Crippen molar-refractivity contribution in [3.8, 4) is 0 Å². The van der Waals surface area contributed by atoms with Crippen LogP contribution in [0, 0.1) is 5.92 Å². The van der Waals surface area contributed by atoms with Gasteiger partial charge in [-0.15, -0.1) is 0 Å². The van der Waals surface area contributed by atoms with Crippen molar-refractivity contribution < 1.29 is 9.90 Å². The number of aliphatic hydroxyl groups is 1. The van der Waals surface area contributed by atoms with Gasteiger partial charge in [0.25, 0.3) is 0 Å². The molecule has 2 N–H and O–H groups in total. The van der Waals surface area contributed by atoms with Gasteiger partial charge in [-0.2, -0.15) is 0 Å². The van der Waals surface area contributed by atoms with Crippen molar-refractivity contribution in [3.05, 3.63) is 70.7 Å². The van der Waals surface area contributed by atoms with Gasteiger partial charge >= 0.3 is 0 Å². The first kappa shape index (κ1) is 15.1. The third-order valence-corrected chi connectivity index (χ3v) is 4.43. The van der Waals surface area contributed by atoms with E-state index in [1.807, 2.05) is 30.3 Å². The van der Waals surface area contributed by atoms with E-state index in [4.69, 9.17) is 11.6 Å². The molecule has 0 aliphatic heterocycles. The molecule has 3 unspecified atom stereocenters. The lowest BCUT2D eigenvalue weighted by atomic mass is 10.1. The summed E-state index contributed by atoms with van der Waals surface area (Å²) in [5, 5.41) is 13.5. The van der Waals surface area contributed by atoms with Crippen LogP contribution in [0.2, 0.25) is 5.02 Å². The van der Waals surface area contributed by atoms with Crippen LogP contribution in [0.15, 0.2) is 54.6 Å². The van der Waals surface area contributed by atoms with Crippen molar-refractivity contribution in [2.45, 2.75) is 18.4 Å². The van der Waals surface area contributed by atoms with Crippen LogP contribution in [0.4, 0.5) is 0 Å². The van der Waals surface area contributed by atoms with E-state index in [1.165, 1.54) is 5.56 Å². The number of aliphatic hydroxyl groups excluding tert-OH is 1. The molecule has 1 aliphatic rings. The van der Waals surface area contributed by atoms with Crippen LogP contribution in [-0.2, 0) is 4.79 Å². The minimum atomic E-state index is -0.786. The number of amides is 1. The molecule has 22 heavy (non-hydrogen) atoms. The number of rotatable bonds is 5. The second-order valence-corrected chi connectivity index (χ2v) is 6.05. The number of benzene rings is 2. The van der Waals surface area contributed by atoms with Crippen LogP contribution in [0.3, 0.4) is 0 Å². The van der Waals surface area contributed by atoms with Crippen molar-refractivity contribution in [2.24, 2.45) is 5.92 Å². The maximum absolute atomic E-state index is 12.2. The van der Waals surface area contributed by atoms with Crippen LogP contribution in [0.5, 0.6) is 0 Å². The molecular formula is C18H18ClNO2. The fraction of sp³-hybridized carbons (Fsp3) is 0.278. The first-order chi connectivity index (χ1) is 10.7. The largest absolute Gasteiger partial charge is 0.387 e. The van der Waals surface area contributed by atoms with Crippen LogP contribution >= 0.6 is 11.6 Å². The molecule has 1 saturated carbocycles. The number of halogens is 1. The highest BCUT2D eigenvalue weighted by molar-refractivity contribution is 6.31. The molecule has 3 rings (SSSR count). The Kier molecular flexibility index (Phi) is 4.46. The fourth-order valence-electron chi connectivity index (χ4n) is 2.74. The molecular weight excluding hydrogens is 298 g/mol. The molecule has 114 valence electrons. The van der Waals surface area contributed by atoms with Crippen LogP contribution in [-0.4, -0.2) is 17.6 Å². The topological polar surface area (TPSA) is 49.3 Å². The molecule has 2 aromatic carbocycles. The zero-order valence-electron chi connectivity index (χ0n) is 12.1. The van der Waals surface area contributed by atoms with Crippen molar-refractivity contribution in [1.82, 2.24) is 5.32 Å². The Morgan fingerprint density at radius 1 is 1.18 bits per heavy atom. The van der Waals surface area contributed by atoms with E-state index in [1.54, 1.807) is 12.1 Å². The Labute approximate surface area is 134 Å². The van der Waals surface area contributed by atoms with Crippen molar-refractivity contribution in [3.63, 3.8) is 0 Å². The third kappa shape index (κ3) is 3.32. The average Bonchev–Trinajstić information content (AvgIpc) is 3.34. The summed E-state index contributed by atoms with van der Waals surface area (Å²) in [7, 11) is 0. The highest BCUT2D eigenvalue weighted by Crippen LogP contribution is 2.47. The molecule has 1 fully saturated rings. The molecule has 0 bridgehead atoms. The molecule has 0 saturated heterocycles. The molecule has 0 heterocycles. The predicted octanol–water partition coefficient (Wildman–Crippen LogP) is 3.29. The minimum absolute atomic E-state index is 0.0000402. The smallest absolute Gasteiger partial charge is 0.223 e. The lowest BCUT2D eigenvalue weighted by Gasteiger charge is -2.13. The standard InChI is InChI=1S/C18H18ClNO2/c19-16-9-5-4-8-13(16)17(21)11-20-18(22)15-10-14(15)12-6-2-1-3-7-12/h1-9,14-15,17,21H,10-11H2,(H,20,22). The van der Waals surface area contributed by atoms with E-state index in [0.717, 1.165) is 6.42 Å². The molecule has 1 amide bonds. The van der Waals surface area contributed by atoms with E-state index in [2.05, 4.69) is 17.4 Å². The fourth-order valence-corrected chi connectivity index (χ4v) is 3.00. The summed E-state index contributed by atoms with van der Waals surface area (Å²) in [6, 6.07) is 17.2. The van der Waals surface area contributed by atoms with Crippen molar-refractivity contribution in [2.75, 3.05) is 6.54 Å². The SMILES string of the molecule is O=C(NCC(O)c1ccccc1Cl)C1CC1c1ccccc1. The maximum atomic E-state index is 12.2. The molecule has 0 radical (unpaired) electrons. The van der Waals surface area contributed by atoms with E-state index >= 15 is 0 Å². The molecule has 0 aromatic heterocycles. The molecule has 4 heteroatoms. The Bertz CT molecular complexity index is 659. The summed E-state index contributed by atoms with van der Waals surface area (Å²) in [5.41, 5.74) is 1.84. The Hall–Kier alpha value is -1.84. The third-order valence-electron chi connectivity index (χ3n) is 4.09. The van der Waals surface area contributed by atoms with Crippen molar-refractivity contribution >= 4 is 17.5 Å². The van der Waals surface area contributed by atoms with Crippen LogP contribution in [0.1, 0.15) is 29.6 Å². The zero-order chi connectivity index (χ0) is 15.5. The van der Waals surface area contributed by atoms with Gasteiger partial charge in [-0.25, -0.2) is 0 Å². The summed E-state index contributed by atoms with van der Waals surface area (Å²) in [6.45, 7) is 0.181. The lowest BCUT2D eigenvalue weighted by molar-refractivity contribution is -0.122. The Balaban J connectivity index is 1.53. The highest BCUT2D eigenvalue weighted by atomic mass is 35.5. The van der Waals surface area contributed by atoms with E-state index in [-0.39, 0.29) is 18.4 Å². The highest BCUT2D eigenvalue weighted by Gasteiger charge is 2.43. The van der Waals surface area contributed by atoms with E-state index in [0.29, 0.717) is 16.5 Å². The Morgan fingerprint density at radius 3 is 2.59 bits per heavy atom. The zero-order valence-corrected chi connectivity index (χ0v) is 12.8. The number of nitrogens with one attached hydrogen (secondary N) is 1. The molecule has 1 aliphatic carbocycles. The maximum Gasteiger partial charge on any atom is 0.223 e. The molecule has 3 nitrogen and oxygen atoms in total. The summed E-state index contributed by atoms with van der Waals surface area (Å²) < 4.78 is 0. The van der Waals surface area contributed by atoms with E-state index in [9.17, 15) is 9.90 Å². The van der Waals surface area contributed by atoms with Crippen LogP contribution in [0.25, 0.3) is 0 Å². The first-order valence-corrected chi connectivity index (χ1v) is 7.79. The summed E-state index contributed by atoms with van der Waals surface area (Å²) in [4.78, 5) is 12.2. The first-order valence-electron chi connectivity index (χ1n) is 7.42. The van der Waals surface area contributed by atoms with Gasteiger partial charge in [0.2, 0.25) is 5.91 Å². The van der Waals surface area contributed by atoms with Crippen LogP contribution < -0.4 is 5.32 Å². The summed E-state index contributed by atoms with van der Waals surface area (Å²) in [5.74, 6) is 0.319. The molecule has 0 spiro atoms. The van der Waals surface area contributed by atoms with Gasteiger partial charge in [0.15, 0.2) is 0 Å². The van der Waals surface area contributed by atoms with Gasteiger partial charge in [0, 0.05) is 23.0 Å². The second kappa shape index (κ2) is 6.51. The number of carbonyl (C=O) groups excluding carboxylic acids is 1. The minimum Gasteiger partial charge on any atom is -0.387 e. The van der Waals surface area contributed by atoms with Gasteiger partial charge < -0.3 is 10.4 Å². The summed E-state index contributed by atoms with van der Waals surface area (Å²) in [6.07, 6.45) is 0.0875. The molecule has 3 atom stereocenters. The number of hydrogen-bond donors (Lipinski definition) is 2. The van der Waals surface area contributed by atoms with E-state index < -0.39 is 6.10 Å². The lowest BCUT2D eigenvalue weighted by Crippen LogP contribution is -2.30. The van der Waals surface area contributed by atoms with Gasteiger partial charge in [-0.05, 0) is 24.0 Å².